The minimum Gasteiger partial charge on any atom is -0.495 e. The fourth-order valence-corrected chi connectivity index (χ4v) is 0.679. The van der Waals surface area contributed by atoms with Gasteiger partial charge in [-0.3, -0.25) is 4.79 Å². The van der Waals surface area contributed by atoms with Gasteiger partial charge in [-0.2, -0.15) is 0 Å². The normalized spacial score (nSPS) is 26.1. The Morgan fingerprint density at radius 3 is 2.78 bits per heavy atom. The molecule has 0 saturated heterocycles. The van der Waals surface area contributed by atoms with Crippen LogP contribution in [0.15, 0.2) is 12.0 Å². The van der Waals surface area contributed by atoms with Gasteiger partial charge in [-0.15, -0.1) is 0 Å². The molecular formula is C5H8N2O2. The van der Waals surface area contributed by atoms with Crippen molar-refractivity contribution in [1.29, 1.82) is 0 Å². The highest BCUT2D eigenvalue weighted by atomic mass is 16.3. The third kappa shape index (κ3) is 1.35. The molecule has 0 spiro atoms. The molecule has 1 amide bonds. The number of nitrogens with one attached hydrogen (secondary N) is 2. The van der Waals surface area contributed by atoms with E-state index in [0.717, 1.165) is 6.08 Å². The Bertz CT molecular complexity index is 164. The molecule has 0 aromatic rings. The first-order valence-corrected chi connectivity index (χ1v) is 2.66. The highest BCUT2D eigenvalue weighted by Crippen LogP contribution is 1.91. The van der Waals surface area contributed by atoms with E-state index in [0.29, 0.717) is 0 Å². The second-order valence-electron chi connectivity index (χ2n) is 1.90. The number of carbonyl (C=O) groups excluding carboxylic acids is 1. The van der Waals surface area contributed by atoms with Crippen LogP contribution in [0.4, 0.5) is 0 Å². The lowest BCUT2D eigenvalue weighted by Crippen LogP contribution is -2.46. The average molecular weight is 128 g/mol. The summed E-state index contributed by atoms with van der Waals surface area (Å²) in [4.78, 5) is 10.5. The molecule has 1 unspecified atom stereocenters. The van der Waals surface area contributed by atoms with Gasteiger partial charge in [0.25, 0.3) is 5.91 Å². The van der Waals surface area contributed by atoms with Crippen molar-refractivity contribution in [2.24, 2.45) is 0 Å². The summed E-state index contributed by atoms with van der Waals surface area (Å²) in [5.74, 6) is -0.343. The Kier molecular flexibility index (Phi) is 1.30. The molecule has 1 rings (SSSR count). The molecule has 0 radical (unpaired) electrons. The molecule has 1 aliphatic rings. The van der Waals surface area contributed by atoms with E-state index in [4.69, 9.17) is 5.11 Å². The van der Waals surface area contributed by atoms with Crippen LogP contribution in [0.1, 0.15) is 6.92 Å². The van der Waals surface area contributed by atoms with Crippen LogP contribution in [0.25, 0.3) is 0 Å². The fourth-order valence-electron chi connectivity index (χ4n) is 0.679. The number of aliphatic hydroxyl groups excluding tert-OH is 1. The maximum absolute atomic E-state index is 10.5. The Hall–Kier alpha value is -1.19. The van der Waals surface area contributed by atoms with Crippen LogP contribution >= 0.6 is 0 Å². The molecular weight excluding hydrogens is 120 g/mol. The molecule has 0 fully saturated rings. The fraction of sp³-hybridized carbons (Fsp3) is 0.400. The van der Waals surface area contributed by atoms with Crippen molar-refractivity contribution in [2.75, 3.05) is 0 Å². The molecule has 0 aromatic heterocycles. The van der Waals surface area contributed by atoms with E-state index in [1.807, 2.05) is 0 Å². The zero-order valence-electron chi connectivity index (χ0n) is 5.01. The molecule has 0 aromatic carbocycles. The summed E-state index contributed by atoms with van der Waals surface area (Å²) in [5, 5.41) is 13.9. The molecule has 0 aliphatic carbocycles. The number of aliphatic hydroxyl groups is 1. The highest BCUT2D eigenvalue weighted by Gasteiger charge is 2.11. The largest absolute Gasteiger partial charge is 0.495 e. The molecule has 4 heteroatoms. The SMILES string of the molecule is CC1NC(=O)C=C(O)N1. The predicted molar refractivity (Wildman–Crippen MR) is 31.5 cm³/mol. The zero-order valence-corrected chi connectivity index (χ0v) is 5.01. The van der Waals surface area contributed by atoms with E-state index in [1.165, 1.54) is 0 Å². The molecule has 9 heavy (non-hydrogen) atoms. The number of carbonyl (C=O) groups is 1. The summed E-state index contributed by atoms with van der Waals surface area (Å²) in [6, 6.07) is 0. The number of hydrogen-bond acceptors (Lipinski definition) is 3. The van der Waals surface area contributed by atoms with Gasteiger partial charge in [0, 0.05) is 0 Å². The van der Waals surface area contributed by atoms with Gasteiger partial charge in [-0.1, -0.05) is 0 Å². The smallest absolute Gasteiger partial charge is 0.250 e. The van der Waals surface area contributed by atoms with E-state index in [9.17, 15) is 4.79 Å². The first kappa shape index (κ1) is 5.94. The first-order valence-electron chi connectivity index (χ1n) is 2.66. The van der Waals surface area contributed by atoms with Gasteiger partial charge in [0.1, 0.15) is 0 Å². The topological polar surface area (TPSA) is 61.4 Å². The number of rotatable bonds is 0. The highest BCUT2D eigenvalue weighted by molar-refractivity contribution is 5.88. The van der Waals surface area contributed by atoms with E-state index in [2.05, 4.69) is 10.6 Å². The summed E-state index contributed by atoms with van der Waals surface area (Å²) in [6.07, 6.45) is 0.919. The van der Waals surface area contributed by atoms with Crippen LogP contribution in [-0.2, 0) is 4.79 Å². The number of amides is 1. The van der Waals surface area contributed by atoms with Crippen LogP contribution < -0.4 is 10.6 Å². The second-order valence-corrected chi connectivity index (χ2v) is 1.90. The van der Waals surface area contributed by atoms with Crippen molar-refractivity contribution < 1.29 is 9.90 Å². The summed E-state index contributed by atoms with van der Waals surface area (Å²) in [7, 11) is 0. The van der Waals surface area contributed by atoms with Gasteiger partial charge < -0.3 is 15.7 Å². The van der Waals surface area contributed by atoms with E-state index < -0.39 is 0 Å². The Balaban J connectivity index is 2.67. The molecule has 1 atom stereocenters. The van der Waals surface area contributed by atoms with Crippen LogP contribution in [-0.4, -0.2) is 17.2 Å². The van der Waals surface area contributed by atoms with Crippen LogP contribution in [0, 0.1) is 0 Å². The van der Waals surface area contributed by atoms with Gasteiger partial charge in [-0.25, -0.2) is 0 Å². The maximum atomic E-state index is 10.5. The molecule has 50 valence electrons. The number of hydrogen-bond donors (Lipinski definition) is 3. The van der Waals surface area contributed by atoms with Crippen molar-refractivity contribution in [2.45, 2.75) is 13.1 Å². The lowest BCUT2D eigenvalue weighted by Gasteiger charge is -2.18. The van der Waals surface area contributed by atoms with Crippen molar-refractivity contribution >= 4 is 5.91 Å². The first-order chi connectivity index (χ1) is 4.18. The Labute approximate surface area is 52.6 Å². The van der Waals surface area contributed by atoms with Gasteiger partial charge in [0.15, 0.2) is 5.88 Å². The standard InChI is InChI=1S/C5H8N2O2/c1-3-6-4(8)2-5(9)7-3/h2-3,6,8H,1H3,(H,7,9). The molecule has 0 saturated carbocycles. The van der Waals surface area contributed by atoms with Crippen molar-refractivity contribution in [1.82, 2.24) is 10.6 Å². The van der Waals surface area contributed by atoms with Crippen LogP contribution in [0.3, 0.4) is 0 Å². The summed E-state index contributed by atoms with van der Waals surface area (Å²) in [6.45, 7) is 1.74. The van der Waals surface area contributed by atoms with Crippen LogP contribution in [0.5, 0.6) is 0 Å². The van der Waals surface area contributed by atoms with Gasteiger partial charge >= 0.3 is 0 Å². The summed E-state index contributed by atoms with van der Waals surface area (Å²) >= 11 is 0. The van der Waals surface area contributed by atoms with E-state index in [1.54, 1.807) is 6.92 Å². The van der Waals surface area contributed by atoms with Crippen molar-refractivity contribution in [3.8, 4) is 0 Å². The van der Waals surface area contributed by atoms with Crippen molar-refractivity contribution in [3.63, 3.8) is 0 Å². The van der Waals surface area contributed by atoms with Gasteiger partial charge in [0.2, 0.25) is 0 Å². The maximum Gasteiger partial charge on any atom is 0.250 e. The average Bonchev–Trinajstić information content (AvgIpc) is 1.59. The lowest BCUT2D eigenvalue weighted by molar-refractivity contribution is -0.118. The minimum atomic E-state index is -0.265. The zero-order chi connectivity index (χ0) is 6.85. The summed E-state index contributed by atoms with van der Waals surface area (Å²) in [5.41, 5.74) is 0. The summed E-state index contributed by atoms with van der Waals surface area (Å²) < 4.78 is 0. The van der Waals surface area contributed by atoms with Gasteiger partial charge in [0.05, 0.1) is 12.2 Å². The molecule has 1 aliphatic heterocycles. The Morgan fingerprint density at radius 1 is 1.67 bits per heavy atom. The lowest BCUT2D eigenvalue weighted by atomic mass is 10.4. The molecule has 3 N–H and O–H groups in total. The van der Waals surface area contributed by atoms with E-state index in [-0.39, 0.29) is 18.0 Å². The second kappa shape index (κ2) is 1.97. The molecule has 4 nitrogen and oxygen atoms in total. The molecule has 0 bridgehead atoms. The van der Waals surface area contributed by atoms with Crippen LogP contribution in [0.2, 0.25) is 0 Å². The predicted octanol–water partition coefficient (Wildman–Crippen LogP) is -0.549. The van der Waals surface area contributed by atoms with Gasteiger partial charge in [-0.05, 0) is 6.92 Å². The monoisotopic (exact) mass is 128 g/mol. The van der Waals surface area contributed by atoms with E-state index >= 15 is 0 Å². The molecule has 1 heterocycles. The van der Waals surface area contributed by atoms with Crippen molar-refractivity contribution in [3.05, 3.63) is 12.0 Å². The Morgan fingerprint density at radius 2 is 2.33 bits per heavy atom. The third-order valence-electron chi connectivity index (χ3n) is 0.991. The minimum absolute atomic E-state index is 0.0775. The quantitative estimate of drug-likeness (QED) is 0.410. The third-order valence-corrected chi connectivity index (χ3v) is 0.991.